The zero-order valence-electron chi connectivity index (χ0n) is 14.7. The first kappa shape index (κ1) is 18.4. The molecule has 1 saturated heterocycles. The van der Waals surface area contributed by atoms with Crippen LogP contribution in [-0.2, 0) is 32.5 Å². The van der Waals surface area contributed by atoms with Crippen molar-refractivity contribution in [3.8, 4) is 0 Å². The minimum atomic E-state index is -3.34. The summed E-state index contributed by atoms with van der Waals surface area (Å²) in [5.74, 6) is 0.00972. The van der Waals surface area contributed by atoms with Gasteiger partial charge in [-0.2, -0.15) is 4.31 Å². The molecule has 25 heavy (non-hydrogen) atoms. The molecule has 3 rings (SSSR count). The van der Waals surface area contributed by atoms with Crippen molar-refractivity contribution in [2.75, 3.05) is 32.5 Å². The highest BCUT2D eigenvalue weighted by atomic mass is 32.2. The highest BCUT2D eigenvalue weighted by Gasteiger charge is 2.26. The van der Waals surface area contributed by atoms with E-state index in [4.69, 9.17) is 4.74 Å². The van der Waals surface area contributed by atoms with E-state index in [1.54, 1.807) is 0 Å². The predicted octanol–water partition coefficient (Wildman–Crippen LogP) is 1.40. The standard InChI is InChI=1S/C18H26N2O4S/c1-25(22,23)20(14-17-7-4-12-24-17)11-9-18(21)19-10-8-15-5-2-3-6-16(15)13-19/h2-3,5-6,17H,4,7-14H2,1H3. The van der Waals surface area contributed by atoms with Crippen molar-refractivity contribution in [3.05, 3.63) is 35.4 Å². The quantitative estimate of drug-likeness (QED) is 0.763. The molecule has 7 heteroatoms. The third kappa shape index (κ3) is 4.80. The Labute approximate surface area is 149 Å². The van der Waals surface area contributed by atoms with Gasteiger partial charge in [0.2, 0.25) is 15.9 Å². The maximum Gasteiger partial charge on any atom is 0.224 e. The fourth-order valence-electron chi connectivity index (χ4n) is 3.50. The number of fused-ring (bicyclic) bond motifs is 1. The molecule has 0 aliphatic carbocycles. The SMILES string of the molecule is CS(=O)(=O)N(CCC(=O)N1CCc2ccccc2C1)CC1CCCO1. The van der Waals surface area contributed by atoms with Gasteiger partial charge in [0.15, 0.2) is 0 Å². The molecule has 138 valence electrons. The normalized spacial score (nSPS) is 20.7. The average molecular weight is 366 g/mol. The zero-order chi connectivity index (χ0) is 17.9. The van der Waals surface area contributed by atoms with Crippen LogP contribution in [0.25, 0.3) is 0 Å². The summed E-state index contributed by atoms with van der Waals surface area (Å²) in [6.45, 7) is 2.55. The van der Waals surface area contributed by atoms with Crippen LogP contribution in [0.3, 0.4) is 0 Å². The van der Waals surface area contributed by atoms with E-state index < -0.39 is 10.0 Å². The first-order valence-corrected chi connectivity index (χ1v) is 10.7. The molecule has 0 spiro atoms. The number of benzene rings is 1. The van der Waals surface area contributed by atoms with Crippen LogP contribution < -0.4 is 0 Å². The van der Waals surface area contributed by atoms with Gasteiger partial charge < -0.3 is 9.64 Å². The second kappa shape index (κ2) is 7.85. The van der Waals surface area contributed by atoms with Crippen molar-refractivity contribution in [2.45, 2.75) is 38.3 Å². The topological polar surface area (TPSA) is 66.9 Å². The molecule has 1 aromatic rings. The van der Waals surface area contributed by atoms with Gasteiger partial charge in [-0.25, -0.2) is 8.42 Å². The first-order valence-electron chi connectivity index (χ1n) is 8.85. The highest BCUT2D eigenvalue weighted by molar-refractivity contribution is 7.88. The number of rotatable bonds is 6. The summed E-state index contributed by atoms with van der Waals surface area (Å²) >= 11 is 0. The van der Waals surface area contributed by atoms with Crippen LogP contribution in [0.5, 0.6) is 0 Å². The van der Waals surface area contributed by atoms with E-state index in [1.807, 2.05) is 17.0 Å². The molecule has 1 atom stereocenters. The molecule has 2 aliphatic rings. The molecule has 0 bridgehead atoms. The lowest BCUT2D eigenvalue weighted by Gasteiger charge is -2.30. The Morgan fingerprint density at radius 2 is 2.08 bits per heavy atom. The Morgan fingerprint density at radius 1 is 1.32 bits per heavy atom. The van der Waals surface area contributed by atoms with Crippen molar-refractivity contribution >= 4 is 15.9 Å². The molecular weight excluding hydrogens is 340 g/mol. The summed E-state index contributed by atoms with van der Waals surface area (Å²) in [6, 6.07) is 8.16. The van der Waals surface area contributed by atoms with E-state index in [2.05, 4.69) is 12.1 Å². The number of sulfonamides is 1. The third-order valence-electron chi connectivity index (χ3n) is 4.96. The smallest absolute Gasteiger partial charge is 0.224 e. The summed E-state index contributed by atoms with van der Waals surface area (Å²) in [5, 5.41) is 0. The van der Waals surface area contributed by atoms with E-state index in [9.17, 15) is 13.2 Å². The third-order valence-corrected chi connectivity index (χ3v) is 6.23. The van der Waals surface area contributed by atoms with Gasteiger partial charge in [-0.15, -0.1) is 0 Å². The van der Waals surface area contributed by atoms with Crippen molar-refractivity contribution < 1.29 is 17.9 Å². The predicted molar refractivity (Wildman–Crippen MR) is 95.6 cm³/mol. The summed E-state index contributed by atoms with van der Waals surface area (Å²) in [5.41, 5.74) is 2.48. The van der Waals surface area contributed by atoms with Gasteiger partial charge >= 0.3 is 0 Å². The number of nitrogens with zero attached hydrogens (tertiary/aromatic N) is 2. The minimum Gasteiger partial charge on any atom is -0.377 e. The molecule has 1 fully saturated rings. The fraction of sp³-hybridized carbons (Fsp3) is 0.611. The molecule has 1 aromatic carbocycles. The van der Waals surface area contributed by atoms with Gasteiger partial charge in [-0.1, -0.05) is 24.3 Å². The molecule has 0 radical (unpaired) electrons. The van der Waals surface area contributed by atoms with Crippen molar-refractivity contribution in [1.29, 1.82) is 0 Å². The Kier molecular flexibility index (Phi) is 5.76. The van der Waals surface area contributed by atoms with E-state index in [1.165, 1.54) is 21.7 Å². The monoisotopic (exact) mass is 366 g/mol. The molecule has 0 saturated carbocycles. The van der Waals surface area contributed by atoms with Gasteiger partial charge in [0.05, 0.1) is 12.4 Å². The maximum absolute atomic E-state index is 12.5. The van der Waals surface area contributed by atoms with Gasteiger partial charge in [0.1, 0.15) is 0 Å². The molecule has 6 nitrogen and oxygen atoms in total. The number of carbonyl (C=O) groups is 1. The summed E-state index contributed by atoms with van der Waals surface area (Å²) in [7, 11) is -3.34. The van der Waals surface area contributed by atoms with Crippen LogP contribution in [-0.4, -0.2) is 62.1 Å². The van der Waals surface area contributed by atoms with E-state index in [0.29, 0.717) is 26.2 Å². The Balaban J connectivity index is 1.56. The molecule has 2 heterocycles. The van der Waals surface area contributed by atoms with Crippen molar-refractivity contribution in [3.63, 3.8) is 0 Å². The van der Waals surface area contributed by atoms with E-state index >= 15 is 0 Å². The summed E-state index contributed by atoms with van der Waals surface area (Å²) < 4.78 is 31.0. The second-order valence-corrected chi connectivity index (χ2v) is 8.82. The molecule has 0 N–H and O–H groups in total. The number of ether oxygens (including phenoxy) is 1. The Hall–Kier alpha value is -1.44. The zero-order valence-corrected chi connectivity index (χ0v) is 15.5. The van der Waals surface area contributed by atoms with Crippen LogP contribution >= 0.6 is 0 Å². The lowest BCUT2D eigenvalue weighted by molar-refractivity contribution is -0.132. The number of hydrogen-bond donors (Lipinski definition) is 0. The number of hydrogen-bond acceptors (Lipinski definition) is 4. The summed E-state index contributed by atoms with van der Waals surface area (Å²) in [4.78, 5) is 14.4. The van der Waals surface area contributed by atoms with Crippen molar-refractivity contribution in [1.82, 2.24) is 9.21 Å². The maximum atomic E-state index is 12.5. The van der Waals surface area contributed by atoms with Crippen LogP contribution in [0.1, 0.15) is 30.4 Å². The highest BCUT2D eigenvalue weighted by Crippen LogP contribution is 2.20. The molecule has 1 unspecified atom stereocenters. The van der Waals surface area contributed by atoms with Crippen LogP contribution in [0.4, 0.5) is 0 Å². The number of carbonyl (C=O) groups excluding carboxylic acids is 1. The molecular formula is C18H26N2O4S. The Morgan fingerprint density at radius 3 is 2.76 bits per heavy atom. The van der Waals surface area contributed by atoms with Gasteiger partial charge in [-0.05, 0) is 30.4 Å². The minimum absolute atomic E-state index is 0.00972. The average Bonchev–Trinajstić information content (AvgIpc) is 3.10. The van der Waals surface area contributed by atoms with Crippen molar-refractivity contribution in [2.24, 2.45) is 0 Å². The second-order valence-electron chi connectivity index (χ2n) is 6.84. The Bertz CT molecular complexity index is 714. The molecule has 2 aliphatic heterocycles. The fourth-order valence-corrected chi connectivity index (χ4v) is 4.36. The lowest BCUT2D eigenvalue weighted by atomic mass is 10.00. The number of amides is 1. The van der Waals surface area contributed by atoms with Gasteiger partial charge in [0.25, 0.3) is 0 Å². The van der Waals surface area contributed by atoms with Gasteiger partial charge in [-0.3, -0.25) is 4.79 Å². The molecule has 1 amide bonds. The van der Waals surface area contributed by atoms with E-state index in [0.717, 1.165) is 19.3 Å². The van der Waals surface area contributed by atoms with E-state index in [-0.39, 0.29) is 25.0 Å². The lowest BCUT2D eigenvalue weighted by Crippen LogP contribution is -2.41. The first-order chi connectivity index (χ1) is 11.9. The van der Waals surface area contributed by atoms with Crippen LogP contribution in [0.2, 0.25) is 0 Å². The summed E-state index contributed by atoms with van der Waals surface area (Å²) in [6.07, 6.45) is 4.06. The van der Waals surface area contributed by atoms with Crippen LogP contribution in [0.15, 0.2) is 24.3 Å². The van der Waals surface area contributed by atoms with Gasteiger partial charge in [0, 0.05) is 39.2 Å². The van der Waals surface area contributed by atoms with Crippen LogP contribution in [0, 0.1) is 0 Å². The largest absolute Gasteiger partial charge is 0.377 e. The molecule has 0 aromatic heterocycles.